The summed E-state index contributed by atoms with van der Waals surface area (Å²) in [7, 11) is 0. The standard InChI is InChI=1S/2C42H27N/c1-4-14-34-29(10-1)12-9-19-40(34)43-41-18-8-7-17-37(41)39-26-31(24-25-42(39)43)28-20-22-30(23-21-28)38-27-32-11-2-3-13-33(32)35-15-5-6-16-36(35)38;1-3-11-35-31(9-1)20-21-34-26-32(22-24-36(34)35)28-16-18-29(19-17-28)33-23-25-42-39(27-33)38-13-5-6-14-41(38)43(42)40-15-7-10-30-8-2-4-12-37(30)40/h2*1-27H. The largest absolute Gasteiger partial charge is 0.309 e. The van der Waals surface area contributed by atoms with Crippen molar-refractivity contribution in [3.05, 3.63) is 328 Å². The van der Waals surface area contributed by atoms with E-state index in [1.165, 1.54) is 164 Å². The summed E-state index contributed by atoms with van der Waals surface area (Å²) < 4.78 is 4.84. The minimum absolute atomic E-state index is 1.21. The minimum atomic E-state index is 1.21. The van der Waals surface area contributed by atoms with Gasteiger partial charge in [-0.1, -0.05) is 267 Å². The van der Waals surface area contributed by atoms with Crippen LogP contribution in [0.25, 0.3) is 164 Å². The molecule has 0 fully saturated rings. The maximum absolute atomic E-state index is 2.42. The van der Waals surface area contributed by atoms with E-state index in [0.29, 0.717) is 0 Å². The molecule has 0 amide bonds. The number of fused-ring (bicyclic) bond motifs is 14. The summed E-state index contributed by atoms with van der Waals surface area (Å²) in [6, 6.07) is 120. The van der Waals surface area contributed by atoms with E-state index in [4.69, 9.17) is 0 Å². The van der Waals surface area contributed by atoms with Crippen LogP contribution < -0.4 is 0 Å². The van der Waals surface area contributed by atoms with Gasteiger partial charge in [0.2, 0.25) is 0 Å². The van der Waals surface area contributed by atoms with Gasteiger partial charge in [0.15, 0.2) is 0 Å². The number of hydrogen-bond donors (Lipinski definition) is 0. The average Bonchev–Trinajstić information content (AvgIpc) is 2.15. The number of benzene rings is 16. The second kappa shape index (κ2) is 20.2. The highest BCUT2D eigenvalue weighted by Crippen LogP contribution is 2.41. The van der Waals surface area contributed by atoms with Gasteiger partial charge in [0.05, 0.1) is 33.4 Å². The van der Waals surface area contributed by atoms with Crippen LogP contribution in [0.4, 0.5) is 0 Å². The third kappa shape index (κ3) is 8.18. The lowest BCUT2D eigenvalue weighted by Gasteiger charge is -2.12. The molecule has 400 valence electrons. The Bertz CT molecular complexity index is 5690. The van der Waals surface area contributed by atoms with Gasteiger partial charge in [-0.05, 0) is 159 Å². The van der Waals surface area contributed by atoms with E-state index in [-0.39, 0.29) is 0 Å². The van der Waals surface area contributed by atoms with Crippen LogP contribution in [-0.4, -0.2) is 9.13 Å². The molecule has 0 spiro atoms. The van der Waals surface area contributed by atoms with Crippen molar-refractivity contribution >= 4 is 108 Å². The highest BCUT2D eigenvalue weighted by molar-refractivity contribution is 6.16. The van der Waals surface area contributed by atoms with E-state index in [0.717, 1.165) is 0 Å². The molecule has 0 radical (unpaired) electrons. The highest BCUT2D eigenvalue weighted by Gasteiger charge is 2.18. The van der Waals surface area contributed by atoms with E-state index in [1.54, 1.807) is 0 Å². The summed E-state index contributed by atoms with van der Waals surface area (Å²) in [5, 5.41) is 20.4. The molecule has 0 aliphatic carbocycles. The van der Waals surface area contributed by atoms with Crippen molar-refractivity contribution < 1.29 is 0 Å². The molecular formula is C84H54N2. The van der Waals surface area contributed by atoms with E-state index >= 15 is 0 Å². The molecule has 2 heterocycles. The molecule has 0 aliphatic heterocycles. The van der Waals surface area contributed by atoms with Crippen molar-refractivity contribution in [2.24, 2.45) is 0 Å². The first kappa shape index (κ1) is 49.3. The summed E-state index contributed by atoms with van der Waals surface area (Å²) in [5.74, 6) is 0. The van der Waals surface area contributed by atoms with Gasteiger partial charge in [-0.2, -0.15) is 0 Å². The fraction of sp³-hybridized carbons (Fsp3) is 0. The van der Waals surface area contributed by atoms with Crippen LogP contribution in [0.1, 0.15) is 0 Å². The molecule has 0 aliphatic rings. The van der Waals surface area contributed by atoms with Crippen LogP contribution in [0.15, 0.2) is 328 Å². The zero-order valence-electron chi connectivity index (χ0n) is 47.1. The molecule has 0 saturated heterocycles. The molecule has 86 heavy (non-hydrogen) atoms. The quantitative estimate of drug-likeness (QED) is 0.147. The first-order valence-corrected chi connectivity index (χ1v) is 29.7. The summed E-state index contributed by atoms with van der Waals surface area (Å²) >= 11 is 0. The Hall–Kier alpha value is -11.3. The fourth-order valence-corrected chi connectivity index (χ4v) is 13.8. The Labute approximate surface area is 497 Å². The zero-order chi connectivity index (χ0) is 56.7. The number of para-hydroxylation sites is 2. The predicted octanol–water partition coefficient (Wildman–Crippen LogP) is 23.2. The number of aromatic nitrogens is 2. The Morgan fingerprint density at radius 1 is 0.151 bits per heavy atom. The van der Waals surface area contributed by atoms with Gasteiger partial charge in [0.25, 0.3) is 0 Å². The monoisotopic (exact) mass is 1090 g/mol. The van der Waals surface area contributed by atoms with Crippen molar-refractivity contribution in [3.63, 3.8) is 0 Å². The predicted molar refractivity (Wildman–Crippen MR) is 368 cm³/mol. The number of nitrogens with zero attached hydrogens (tertiary/aromatic N) is 2. The highest BCUT2D eigenvalue weighted by atomic mass is 15.0. The van der Waals surface area contributed by atoms with Gasteiger partial charge in [0.1, 0.15) is 0 Å². The molecule has 0 N–H and O–H groups in total. The Balaban J connectivity index is 0.000000134. The molecule has 0 atom stereocenters. The third-order valence-corrected chi connectivity index (χ3v) is 18.0. The SMILES string of the molecule is c1ccc2c(-n3c4ccccc4c4cc(-c5ccc(-c6cc7ccccc7c7ccccc67)cc5)ccc43)cccc2c1.c1ccc2c(-n3c4ccccc4c4cc(-c5ccc(-c6ccc7c(ccc8ccccc87)c6)cc5)ccc43)cccc2c1. The van der Waals surface area contributed by atoms with Crippen LogP contribution in [0.2, 0.25) is 0 Å². The first-order valence-electron chi connectivity index (χ1n) is 29.7. The summed E-state index contributed by atoms with van der Waals surface area (Å²) in [6.45, 7) is 0. The number of hydrogen-bond acceptors (Lipinski definition) is 0. The van der Waals surface area contributed by atoms with Crippen molar-refractivity contribution in [1.29, 1.82) is 0 Å². The second-order valence-electron chi connectivity index (χ2n) is 22.7. The van der Waals surface area contributed by atoms with Gasteiger partial charge in [-0.3, -0.25) is 0 Å². The first-order chi connectivity index (χ1) is 42.6. The molecule has 0 unspecified atom stereocenters. The molecule has 18 aromatic rings. The van der Waals surface area contributed by atoms with Crippen molar-refractivity contribution in [2.75, 3.05) is 0 Å². The Morgan fingerprint density at radius 3 is 1.01 bits per heavy atom. The lowest BCUT2D eigenvalue weighted by molar-refractivity contribution is 1.20. The molecule has 2 aromatic heterocycles. The topological polar surface area (TPSA) is 9.86 Å². The van der Waals surface area contributed by atoms with Crippen LogP contribution in [0, 0.1) is 0 Å². The molecular weight excluding hydrogens is 1040 g/mol. The Morgan fingerprint density at radius 2 is 0.477 bits per heavy atom. The van der Waals surface area contributed by atoms with E-state index in [9.17, 15) is 0 Å². The van der Waals surface area contributed by atoms with E-state index in [2.05, 4.69) is 337 Å². The number of rotatable bonds is 6. The lowest BCUT2D eigenvalue weighted by Crippen LogP contribution is -1.95. The smallest absolute Gasteiger partial charge is 0.0541 e. The van der Waals surface area contributed by atoms with Crippen LogP contribution in [-0.2, 0) is 0 Å². The lowest BCUT2D eigenvalue weighted by atomic mass is 9.92. The van der Waals surface area contributed by atoms with Crippen molar-refractivity contribution in [1.82, 2.24) is 9.13 Å². The van der Waals surface area contributed by atoms with Gasteiger partial charge >= 0.3 is 0 Å². The van der Waals surface area contributed by atoms with Crippen LogP contribution >= 0.6 is 0 Å². The maximum Gasteiger partial charge on any atom is 0.0541 e. The third-order valence-electron chi connectivity index (χ3n) is 18.0. The molecule has 2 heteroatoms. The average molecular weight is 1090 g/mol. The van der Waals surface area contributed by atoms with Crippen LogP contribution in [0.3, 0.4) is 0 Å². The summed E-state index contributed by atoms with van der Waals surface area (Å²) in [5.41, 5.74) is 17.2. The molecule has 0 bridgehead atoms. The molecule has 18 rings (SSSR count). The van der Waals surface area contributed by atoms with E-state index in [1.807, 2.05) is 0 Å². The van der Waals surface area contributed by atoms with Gasteiger partial charge < -0.3 is 9.13 Å². The second-order valence-corrected chi connectivity index (χ2v) is 22.7. The minimum Gasteiger partial charge on any atom is -0.309 e. The maximum atomic E-state index is 2.42. The van der Waals surface area contributed by atoms with Gasteiger partial charge in [-0.15, -0.1) is 0 Å². The van der Waals surface area contributed by atoms with Crippen LogP contribution in [0.5, 0.6) is 0 Å². The fourth-order valence-electron chi connectivity index (χ4n) is 13.8. The summed E-state index contributed by atoms with van der Waals surface area (Å²) in [4.78, 5) is 0. The van der Waals surface area contributed by atoms with Gasteiger partial charge in [0, 0.05) is 32.3 Å². The molecule has 2 nitrogen and oxygen atoms in total. The Kier molecular flexibility index (Phi) is 11.6. The van der Waals surface area contributed by atoms with Gasteiger partial charge in [-0.25, -0.2) is 0 Å². The molecule has 0 saturated carbocycles. The zero-order valence-corrected chi connectivity index (χ0v) is 47.1. The normalized spacial score (nSPS) is 11.7. The van der Waals surface area contributed by atoms with Crippen molar-refractivity contribution in [3.8, 4) is 55.9 Å². The molecule has 16 aromatic carbocycles. The van der Waals surface area contributed by atoms with Crippen molar-refractivity contribution in [2.45, 2.75) is 0 Å². The van der Waals surface area contributed by atoms with E-state index < -0.39 is 0 Å². The summed E-state index contributed by atoms with van der Waals surface area (Å²) in [6.07, 6.45) is 0.